The standard InChI is InChI=1S/C16H20N2O4S/c1-3-4-10-18-11-9-17-15(16(18)19)23(20,21)12-13-5-7-14(22-2)8-6-13/h5-9,11H,3-4,10,12H2,1-2H3. The summed E-state index contributed by atoms with van der Waals surface area (Å²) in [6.07, 6.45) is 4.60. The minimum Gasteiger partial charge on any atom is -0.497 e. The Balaban J connectivity index is 2.30. The molecular weight excluding hydrogens is 316 g/mol. The second-order valence-electron chi connectivity index (χ2n) is 5.19. The zero-order chi connectivity index (χ0) is 16.9. The number of ether oxygens (including phenoxy) is 1. The van der Waals surface area contributed by atoms with Gasteiger partial charge < -0.3 is 9.30 Å². The van der Waals surface area contributed by atoms with Crippen molar-refractivity contribution in [1.29, 1.82) is 0 Å². The number of hydrogen-bond acceptors (Lipinski definition) is 5. The molecule has 2 rings (SSSR count). The highest BCUT2D eigenvalue weighted by atomic mass is 32.2. The molecule has 0 spiro atoms. The van der Waals surface area contributed by atoms with Crippen LogP contribution < -0.4 is 10.3 Å². The minimum atomic E-state index is -3.80. The van der Waals surface area contributed by atoms with E-state index in [0.29, 0.717) is 17.9 Å². The number of nitrogens with zero attached hydrogens (tertiary/aromatic N) is 2. The van der Waals surface area contributed by atoms with Gasteiger partial charge in [-0.3, -0.25) is 4.79 Å². The van der Waals surface area contributed by atoms with E-state index in [4.69, 9.17) is 4.74 Å². The van der Waals surface area contributed by atoms with E-state index in [0.717, 1.165) is 12.8 Å². The molecule has 23 heavy (non-hydrogen) atoms. The van der Waals surface area contributed by atoms with Crippen LogP contribution in [0.3, 0.4) is 0 Å². The van der Waals surface area contributed by atoms with E-state index in [1.807, 2.05) is 6.92 Å². The molecule has 0 N–H and O–H groups in total. The van der Waals surface area contributed by atoms with E-state index in [1.54, 1.807) is 31.4 Å². The van der Waals surface area contributed by atoms with E-state index in [2.05, 4.69) is 4.98 Å². The van der Waals surface area contributed by atoms with Crippen molar-refractivity contribution in [1.82, 2.24) is 9.55 Å². The second kappa shape index (κ2) is 7.41. The quantitative estimate of drug-likeness (QED) is 0.773. The van der Waals surface area contributed by atoms with Crippen LogP contribution in [0.5, 0.6) is 5.75 Å². The van der Waals surface area contributed by atoms with E-state index >= 15 is 0 Å². The van der Waals surface area contributed by atoms with Gasteiger partial charge in [-0.25, -0.2) is 13.4 Å². The maximum Gasteiger partial charge on any atom is 0.288 e. The van der Waals surface area contributed by atoms with Crippen molar-refractivity contribution in [2.24, 2.45) is 0 Å². The second-order valence-corrected chi connectivity index (χ2v) is 7.10. The van der Waals surface area contributed by atoms with Gasteiger partial charge in [-0.15, -0.1) is 0 Å². The summed E-state index contributed by atoms with van der Waals surface area (Å²) in [6.45, 7) is 2.50. The lowest BCUT2D eigenvalue weighted by Gasteiger charge is -2.08. The molecule has 124 valence electrons. The molecule has 6 nitrogen and oxygen atoms in total. The molecule has 0 aliphatic rings. The van der Waals surface area contributed by atoms with Gasteiger partial charge in [-0.1, -0.05) is 25.5 Å². The van der Waals surface area contributed by atoms with Gasteiger partial charge in [0.15, 0.2) is 0 Å². The molecule has 1 aromatic carbocycles. The lowest BCUT2D eigenvalue weighted by Crippen LogP contribution is -2.27. The van der Waals surface area contributed by atoms with E-state index < -0.39 is 20.4 Å². The summed E-state index contributed by atoms with van der Waals surface area (Å²) in [5, 5.41) is -0.396. The Morgan fingerprint density at radius 1 is 1.22 bits per heavy atom. The van der Waals surface area contributed by atoms with Gasteiger partial charge in [0.25, 0.3) is 5.56 Å². The summed E-state index contributed by atoms with van der Waals surface area (Å²) in [7, 11) is -2.26. The number of aryl methyl sites for hydroxylation is 1. The highest BCUT2D eigenvalue weighted by Gasteiger charge is 2.22. The van der Waals surface area contributed by atoms with Crippen molar-refractivity contribution < 1.29 is 13.2 Å². The summed E-state index contributed by atoms with van der Waals surface area (Å²) >= 11 is 0. The molecule has 1 heterocycles. The Kier molecular flexibility index (Phi) is 5.54. The monoisotopic (exact) mass is 336 g/mol. The fourth-order valence-electron chi connectivity index (χ4n) is 2.15. The third-order valence-corrected chi connectivity index (χ3v) is 5.03. The average Bonchev–Trinajstić information content (AvgIpc) is 2.54. The third kappa shape index (κ3) is 4.19. The molecule has 0 atom stereocenters. The van der Waals surface area contributed by atoms with Crippen molar-refractivity contribution >= 4 is 9.84 Å². The Hall–Kier alpha value is -2.15. The largest absolute Gasteiger partial charge is 0.497 e. The predicted octanol–water partition coefficient (Wildman–Crippen LogP) is 2.03. The lowest BCUT2D eigenvalue weighted by molar-refractivity contribution is 0.414. The van der Waals surface area contributed by atoms with Gasteiger partial charge >= 0.3 is 0 Å². The van der Waals surface area contributed by atoms with Gasteiger partial charge in [-0.05, 0) is 24.1 Å². The maximum absolute atomic E-state index is 12.5. The molecule has 0 radical (unpaired) electrons. The van der Waals surface area contributed by atoms with Crippen LogP contribution in [-0.2, 0) is 22.1 Å². The van der Waals surface area contributed by atoms with Crippen molar-refractivity contribution in [2.75, 3.05) is 7.11 Å². The van der Waals surface area contributed by atoms with Crippen molar-refractivity contribution in [3.63, 3.8) is 0 Å². The first kappa shape index (κ1) is 17.2. The number of benzene rings is 1. The Labute approximate surface area is 135 Å². The van der Waals surface area contributed by atoms with Gasteiger partial charge in [0, 0.05) is 18.9 Å². The molecule has 0 saturated carbocycles. The van der Waals surface area contributed by atoms with Gasteiger partial charge in [0.2, 0.25) is 14.9 Å². The molecule has 1 aromatic heterocycles. The summed E-state index contributed by atoms with van der Waals surface area (Å²) < 4.78 is 31.4. The molecule has 7 heteroatoms. The zero-order valence-electron chi connectivity index (χ0n) is 13.2. The SMILES string of the molecule is CCCCn1ccnc(S(=O)(=O)Cc2ccc(OC)cc2)c1=O. The summed E-state index contributed by atoms with van der Waals surface area (Å²) in [5.41, 5.74) is 0.0189. The van der Waals surface area contributed by atoms with Crippen LogP contribution in [0.15, 0.2) is 46.5 Å². The van der Waals surface area contributed by atoms with Gasteiger partial charge in [0.05, 0.1) is 12.9 Å². The molecule has 0 aliphatic heterocycles. The molecule has 0 unspecified atom stereocenters. The predicted molar refractivity (Wildman–Crippen MR) is 87.3 cm³/mol. The van der Waals surface area contributed by atoms with Crippen molar-refractivity contribution in [2.45, 2.75) is 37.1 Å². The van der Waals surface area contributed by atoms with Gasteiger partial charge in [0.1, 0.15) is 5.75 Å². The highest BCUT2D eigenvalue weighted by molar-refractivity contribution is 7.90. The Bertz CT molecular complexity index is 811. The maximum atomic E-state index is 12.5. The number of methoxy groups -OCH3 is 1. The van der Waals surface area contributed by atoms with E-state index in [-0.39, 0.29) is 5.75 Å². The summed E-state index contributed by atoms with van der Waals surface area (Å²) in [5.74, 6) is 0.378. The molecule has 0 amide bonds. The topological polar surface area (TPSA) is 78.3 Å². The normalized spacial score (nSPS) is 11.4. The smallest absolute Gasteiger partial charge is 0.288 e. The number of hydrogen-bond donors (Lipinski definition) is 0. The number of unbranched alkanes of at least 4 members (excludes halogenated alkanes) is 1. The fraction of sp³-hybridized carbons (Fsp3) is 0.375. The number of rotatable bonds is 7. The van der Waals surface area contributed by atoms with Crippen molar-refractivity contribution in [3.05, 3.63) is 52.6 Å². The third-order valence-electron chi connectivity index (χ3n) is 3.45. The molecule has 0 saturated heterocycles. The summed E-state index contributed by atoms with van der Waals surface area (Å²) in [6, 6.07) is 6.69. The van der Waals surface area contributed by atoms with Crippen LogP contribution in [0.4, 0.5) is 0 Å². The zero-order valence-corrected chi connectivity index (χ0v) is 14.0. The Morgan fingerprint density at radius 2 is 1.91 bits per heavy atom. The number of aromatic nitrogens is 2. The van der Waals surface area contributed by atoms with Crippen LogP contribution in [0.1, 0.15) is 25.3 Å². The van der Waals surface area contributed by atoms with Crippen molar-refractivity contribution in [3.8, 4) is 5.75 Å². The number of sulfone groups is 1. The van der Waals surface area contributed by atoms with Gasteiger partial charge in [-0.2, -0.15) is 0 Å². The first-order valence-corrected chi connectivity index (χ1v) is 9.04. The minimum absolute atomic E-state index is 0.267. The molecule has 0 aliphatic carbocycles. The molecule has 0 bridgehead atoms. The van der Waals surface area contributed by atoms with E-state index in [9.17, 15) is 13.2 Å². The van der Waals surface area contributed by atoms with Crippen LogP contribution in [0.25, 0.3) is 0 Å². The van der Waals surface area contributed by atoms with E-state index in [1.165, 1.54) is 17.0 Å². The highest BCUT2D eigenvalue weighted by Crippen LogP contribution is 2.16. The average molecular weight is 336 g/mol. The molecule has 2 aromatic rings. The fourth-order valence-corrected chi connectivity index (χ4v) is 3.53. The summed E-state index contributed by atoms with van der Waals surface area (Å²) in [4.78, 5) is 16.1. The molecule has 0 fully saturated rings. The first-order valence-electron chi connectivity index (χ1n) is 7.39. The Morgan fingerprint density at radius 3 is 2.52 bits per heavy atom. The van der Waals surface area contributed by atoms with Crippen LogP contribution in [0, 0.1) is 0 Å². The molecular formula is C16H20N2O4S. The van der Waals surface area contributed by atoms with Crippen LogP contribution in [0.2, 0.25) is 0 Å². The van der Waals surface area contributed by atoms with Crippen LogP contribution in [-0.4, -0.2) is 25.1 Å². The first-order chi connectivity index (χ1) is 11.0. The van der Waals surface area contributed by atoms with Crippen LogP contribution >= 0.6 is 0 Å². The lowest BCUT2D eigenvalue weighted by atomic mass is 10.2.